The predicted molar refractivity (Wildman–Crippen MR) is 91.8 cm³/mol. The van der Waals surface area contributed by atoms with E-state index in [0.717, 1.165) is 5.56 Å². The molecule has 2 rings (SSSR count). The van der Waals surface area contributed by atoms with Crippen molar-refractivity contribution in [3.63, 3.8) is 0 Å². The Labute approximate surface area is 148 Å². The normalized spacial score (nSPS) is 9.72. The summed E-state index contributed by atoms with van der Waals surface area (Å²) in [6, 6.07) is 12.6. The summed E-state index contributed by atoms with van der Waals surface area (Å²) < 4.78 is 4.78. The van der Waals surface area contributed by atoms with Crippen molar-refractivity contribution < 1.29 is 19.1 Å². The van der Waals surface area contributed by atoms with Crippen LogP contribution in [0.2, 0.25) is 0 Å². The highest BCUT2D eigenvalue weighted by atomic mass is 32.1. The molecule has 1 aromatic carbocycles. The predicted octanol–water partition coefficient (Wildman–Crippen LogP) is 1.46. The Kier molecular flexibility index (Phi) is 6.68. The third kappa shape index (κ3) is 6.08. The summed E-state index contributed by atoms with van der Waals surface area (Å²) >= 11 is 1.20. The quantitative estimate of drug-likeness (QED) is 0.729. The van der Waals surface area contributed by atoms with Crippen LogP contribution in [-0.4, -0.2) is 30.9 Å². The Balaban J connectivity index is 1.67. The van der Waals surface area contributed by atoms with Crippen molar-refractivity contribution >= 4 is 34.1 Å². The molecule has 0 bridgehead atoms. The average molecular weight is 357 g/mol. The highest BCUT2D eigenvalue weighted by molar-refractivity contribution is 7.14. The van der Waals surface area contributed by atoms with Crippen LogP contribution in [0.1, 0.15) is 11.1 Å². The van der Waals surface area contributed by atoms with Crippen molar-refractivity contribution in [2.24, 2.45) is 0 Å². The lowest BCUT2D eigenvalue weighted by atomic mass is 10.1. The van der Waals surface area contributed by atoms with Gasteiger partial charge in [0.2, 0.25) is 5.91 Å². The molecule has 128 valence electrons. The number of nitrogens with zero attached hydrogens (tertiary/aromatic N) is 1. The lowest BCUT2D eigenvalue weighted by Crippen LogP contribution is -2.33. The number of esters is 1. The molecule has 0 radical (unpaired) electrons. The van der Waals surface area contributed by atoms with Crippen LogP contribution in [0.25, 0.3) is 0 Å². The monoisotopic (exact) mass is 357 g/mol. The van der Waals surface area contributed by atoms with Crippen molar-refractivity contribution in [2.45, 2.75) is 6.42 Å². The van der Waals surface area contributed by atoms with Crippen molar-refractivity contribution in [1.82, 2.24) is 5.32 Å². The van der Waals surface area contributed by atoms with Gasteiger partial charge in [0.05, 0.1) is 12.0 Å². The zero-order valence-corrected chi connectivity index (χ0v) is 14.0. The highest BCUT2D eigenvalue weighted by Gasteiger charge is 2.12. The number of amides is 2. The van der Waals surface area contributed by atoms with Gasteiger partial charge in [-0.1, -0.05) is 30.3 Å². The zero-order valence-electron chi connectivity index (χ0n) is 13.2. The topological polar surface area (TPSA) is 108 Å². The summed E-state index contributed by atoms with van der Waals surface area (Å²) in [5.74, 6) is -1.59. The summed E-state index contributed by atoms with van der Waals surface area (Å²) in [7, 11) is 0. The van der Waals surface area contributed by atoms with Crippen LogP contribution < -0.4 is 10.6 Å². The van der Waals surface area contributed by atoms with Crippen LogP contribution in [0.5, 0.6) is 0 Å². The molecular weight excluding hydrogens is 342 g/mol. The number of benzene rings is 1. The SMILES string of the molecule is N#Cc1ccsc1NC(=O)COC(=O)CNC(=O)Cc1ccccc1. The molecule has 25 heavy (non-hydrogen) atoms. The zero-order chi connectivity index (χ0) is 18.1. The molecule has 0 saturated carbocycles. The Morgan fingerprint density at radius 1 is 1.12 bits per heavy atom. The van der Waals surface area contributed by atoms with E-state index in [0.29, 0.717) is 10.6 Å². The fourth-order valence-corrected chi connectivity index (χ4v) is 2.62. The second-order valence-corrected chi connectivity index (χ2v) is 5.84. The first-order valence-electron chi connectivity index (χ1n) is 7.32. The third-order valence-corrected chi connectivity index (χ3v) is 3.87. The minimum atomic E-state index is -0.719. The van der Waals surface area contributed by atoms with E-state index >= 15 is 0 Å². The van der Waals surface area contributed by atoms with Gasteiger partial charge in [0.1, 0.15) is 17.6 Å². The molecule has 2 aromatic rings. The second-order valence-electron chi connectivity index (χ2n) is 4.92. The maximum absolute atomic E-state index is 11.7. The van der Waals surface area contributed by atoms with Gasteiger partial charge >= 0.3 is 5.97 Å². The van der Waals surface area contributed by atoms with Crippen LogP contribution in [-0.2, 0) is 25.5 Å². The summed E-state index contributed by atoms with van der Waals surface area (Å²) in [4.78, 5) is 35.0. The molecule has 1 heterocycles. The van der Waals surface area contributed by atoms with E-state index in [1.54, 1.807) is 11.4 Å². The molecule has 1 aromatic heterocycles. The molecule has 0 aliphatic heterocycles. The largest absolute Gasteiger partial charge is 0.454 e. The van der Waals surface area contributed by atoms with E-state index in [1.165, 1.54) is 11.3 Å². The van der Waals surface area contributed by atoms with Gasteiger partial charge in [-0.15, -0.1) is 11.3 Å². The Hall–Kier alpha value is -3.18. The summed E-state index contributed by atoms with van der Waals surface area (Å²) in [5, 5.41) is 15.8. The van der Waals surface area contributed by atoms with Gasteiger partial charge in [0, 0.05) is 0 Å². The van der Waals surface area contributed by atoms with Crippen LogP contribution in [0.3, 0.4) is 0 Å². The van der Waals surface area contributed by atoms with E-state index in [1.807, 2.05) is 36.4 Å². The van der Waals surface area contributed by atoms with Crippen molar-refractivity contribution in [3.05, 3.63) is 52.9 Å². The standard InChI is InChI=1S/C17H15N3O4S/c18-9-13-6-7-25-17(13)20-15(22)11-24-16(23)10-19-14(21)8-12-4-2-1-3-5-12/h1-7H,8,10-11H2,(H,19,21)(H,20,22). The van der Waals surface area contributed by atoms with Gasteiger partial charge in [-0.2, -0.15) is 5.26 Å². The number of hydrogen-bond donors (Lipinski definition) is 2. The van der Waals surface area contributed by atoms with E-state index in [2.05, 4.69) is 10.6 Å². The lowest BCUT2D eigenvalue weighted by Gasteiger charge is -2.07. The second kappa shape index (κ2) is 9.20. The van der Waals surface area contributed by atoms with Crippen molar-refractivity contribution in [2.75, 3.05) is 18.5 Å². The molecule has 0 atom stereocenters. The molecule has 0 aliphatic carbocycles. The Morgan fingerprint density at radius 2 is 1.88 bits per heavy atom. The summed E-state index contributed by atoms with van der Waals surface area (Å²) in [6.45, 7) is -0.808. The van der Waals surface area contributed by atoms with Crippen LogP contribution in [0.4, 0.5) is 5.00 Å². The van der Waals surface area contributed by atoms with Gasteiger partial charge in [-0.05, 0) is 17.0 Å². The van der Waals surface area contributed by atoms with E-state index < -0.39 is 18.5 Å². The van der Waals surface area contributed by atoms with E-state index in [-0.39, 0.29) is 18.9 Å². The maximum Gasteiger partial charge on any atom is 0.325 e. The summed E-state index contributed by atoms with van der Waals surface area (Å²) in [6.07, 6.45) is 0.157. The van der Waals surface area contributed by atoms with Crippen molar-refractivity contribution in [3.8, 4) is 6.07 Å². The molecule has 0 unspecified atom stereocenters. The first-order chi connectivity index (χ1) is 12.1. The average Bonchev–Trinajstić information content (AvgIpc) is 3.06. The molecular formula is C17H15N3O4S. The summed E-state index contributed by atoms with van der Waals surface area (Å²) in [5.41, 5.74) is 1.18. The first-order valence-corrected chi connectivity index (χ1v) is 8.20. The molecule has 0 saturated heterocycles. The lowest BCUT2D eigenvalue weighted by molar-refractivity contribution is -0.147. The minimum Gasteiger partial charge on any atom is -0.454 e. The number of hydrogen-bond acceptors (Lipinski definition) is 6. The minimum absolute atomic E-state index is 0.157. The molecule has 2 amide bonds. The number of carbonyl (C=O) groups is 3. The fourth-order valence-electron chi connectivity index (χ4n) is 1.87. The number of nitrogens with one attached hydrogen (secondary N) is 2. The third-order valence-electron chi connectivity index (χ3n) is 3.04. The number of anilines is 1. The van der Waals surface area contributed by atoms with Gasteiger partial charge in [-0.25, -0.2) is 0 Å². The maximum atomic E-state index is 11.7. The number of nitriles is 1. The molecule has 2 N–H and O–H groups in total. The van der Waals surface area contributed by atoms with Gasteiger partial charge in [0.15, 0.2) is 6.61 Å². The first kappa shape index (κ1) is 18.2. The highest BCUT2D eigenvalue weighted by Crippen LogP contribution is 2.21. The number of thiophene rings is 1. The van der Waals surface area contributed by atoms with Crippen molar-refractivity contribution in [1.29, 1.82) is 5.26 Å². The molecule has 0 fully saturated rings. The van der Waals surface area contributed by atoms with E-state index in [4.69, 9.17) is 10.00 Å². The Morgan fingerprint density at radius 3 is 2.60 bits per heavy atom. The molecule has 8 heteroatoms. The Bertz CT molecular complexity index is 796. The van der Waals surface area contributed by atoms with Crippen LogP contribution in [0, 0.1) is 11.3 Å². The number of carbonyl (C=O) groups excluding carboxylic acids is 3. The molecule has 0 spiro atoms. The van der Waals surface area contributed by atoms with Gasteiger partial charge in [-0.3, -0.25) is 14.4 Å². The van der Waals surface area contributed by atoms with Gasteiger partial charge < -0.3 is 15.4 Å². The van der Waals surface area contributed by atoms with Crippen LogP contribution >= 0.6 is 11.3 Å². The van der Waals surface area contributed by atoms with Gasteiger partial charge in [0.25, 0.3) is 5.91 Å². The molecule has 0 aliphatic rings. The fraction of sp³-hybridized carbons (Fsp3) is 0.176. The smallest absolute Gasteiger partial charge is 0.325 e. The van der Waals surface area contributed by atoms with Crippen LogP contribution in [0.15, 0.2) is 41.8 Å². The number of rotatable bonds is 7. The molecule has 7 nitrogen and oxygen atoms in total. The number of ether oxygens (including phenoxy) is 1. The van der Waals surface area contributed by atoms with E-state index in [9.17, 15) is 14.4 Å².